The molecule has 0 spiro atoms. The molecule has 1 aromatic heterocycles. The fraction of sp³-hybridized carbons (Fsp3) is 0.800. The topological polar surface area (TPSA) is 21.3 Å². The van der Waals surface area contributed by atoms with Crippen LogP contribution in [0.3, 0.4) is 0 Å². The molecular formula is C20H35ClNOSSi-. The SMILES string of the molecule is CC[SiH-](CC)(CC)OC(CNC1C[C@@H]2[C@H](C1)C2(C)C)c1sccc1Cl. The van der Waals surface area contributed by atoms with Crippen molar-refractivity contribution in [1.29, 1.82) is 0 Å². The van der Waals surface area contributed by atoms with Gasteiger partial charge >= 0.3 is 164 Å². The normalized spacial score (nSPS) is 29.4. The quantitative estimate of drug-likeness (QED) is 0.496. The Kier molecular flexibility index (Phi) is 6.07. The van der Waals surface area contributed by atoms with Crippen LogP contribution in [0, 0.1) is 17.3 Å². The molecule has 1 heterocycles. The number of fused-ring (bicyclic) bond motifs is 1. The Morgan fingerprint density at radius 2 is 1.84 bits per heavy atom. The molecule has 2 unspecified atom stereocenters. The standard InChI is InChI=1S/C20H35ClNOSSi/c1-6-25(7-2,8-3)23-18(19-17(21)9-10-24-19)13-22-14-11-15-16(12-14)20(15,4)5/h9-10,14-16,18,22,25H,6-8,11-13H2,1-5H3/q-1/t14?,15-,16+,18?. The third-order valence-corrected chi connectivity index (χ3v) is 14.4. The zero-order valence-electron chi connectivity index (χ0n) is 16.5. The van der Waals surface area contributed by atoms with Gasteiger partial charge in [-0.05, 0) is 0 Å². The molecule has 0 radical (unpaired) electrons. The van der Waals surface area contributed by atoms with Crippen molar-refractivity contribution in [1.82, 2.24) is 5.32 Å². The van der Waals surface area contributed by atoms with E-state index in [0.717, 1.165) is 23.4 Å². The van der Waals surface area contributed by atoms with E-state index in [1.807, 2.05) is 6.07 Å². The van der Waals surface area contributed by atoms with Gasteiger partial charge in [0, 0.05) is 0 Å². The van der Waals surface area contributed by atoms with E-state index in [4.69, 9.17) is 16.0 Å². The van der Waals surface area contributed by atoms with Crippen molar-refractivity contribution < 1.29 is 4.43 Å². The Balaban J connectivity index is 1.65. The summed E-state index contributed by atoms with van der Waals surface area (Å²) in [5, 5.41) is 6.81. The summed E-state index contributed by atoms with van der Waals surface area (Å²) in [6.45, 7) is 12.7. The first-order valence-electron chi connectivity index (χ1n) is 10.2. The van der Waals surface area contributed by atoms with Crippen molar-refractivity contribution in [2.75, 3.05) is 6.54 Å². The van der Waals surface area contributed by atoms with E-state index in [2.05, 4.69) is 45.3 Å². The molecule has 2 aliphatic rings. The van der Waals surface area contributed by atoms with E-state index in [0.29, 0.717) is 11.5 Å². The molecule has 5 heteroatoms. The summed E-state index contributed by atoms with van der Waals surface area (Å²) < 4.78 is 6.88. The van der Waals surface area contributed by atoms with Gasteiger partial charge in [0.25, 0.3) is 0 Å². The molecule has 0 saturated heterocycles. The van der Waals surface area contributed by atoms with Crippen LogP contribution >= 0.6 is 22.9 Å². The van der Waals surface area contributed by atoms with E-state index < -0.39 is 8.32 Å². The van der Waals surface area contributed by atoms with Gasteiger partial charge in [0.15, 0.2) is 0 Å². The number of halogens is 1. The molecule has 0 amide bonds. The van der Waals surface area contributed by atoms with Crippen LogP contribution in [-0.4, -0.2) is 20.9 Å². The Morgan fingerprint density at radius 3 is 2.32 bits per heavy atom. The van der Waals surface area contributed by atoms with Crippen molar-refractivity contribution >= 4 is 31.3 Å². The van der Waals surface area contributed by atoms with Crippen molar-refractivity contribution in [3.05, 3.63) is 21.3 Å². The fourth-order valence-electron chi connectivity index (χ4n) is 5.18. The zero-order valence-corrected chi connectivity index (χ0v) is 19.2. The zero-order chi connectivity index (χ0) is 18.2. The van der Waals surface area contributed by atoms with Crippen molar-refractivity contribution in [3.8, 4) is 0 Å². The van der Waals surface area contributed by atoms with Crippen molar-refractivity contribution in [2.24, 2.45) is 17.3 Å². The second-order valence-corrected chi connectivity index (χ2v) is 15.8. The number of hydrogen-bond donors (Lipinski definition) is 1. The maximum absolute atomic E-state index is 6.88. The van der Waals surface area contributed by atoms with Gasteiger partial charge in [0.05, 0.1) is 0 Å². The van der Waals surface area contributed by atoms with Crippen LogP contribution in [-0.2, 0) is 4.43 Å². The Labute approximate surface area is 163 Å². The van der Waals surface area contributed by atoms with Gasteiger partial charge in [0.2, 0.25) is 0 Å². The Bertz CT molecular complexity index is 564. The van der Waals surface area contributed by atoms with Gasteiger partial charge in [-0.15, -0.1) is 0 Å². The summed E-state index contributed by atoms with van der Waals surface area (Å²) in [6, 6.07) is 6.31. The van der Waals surface area contributed by atoms with Crippen LogP contribution in [0.2, 0.25) is 23.2 Å². The van der Waals surface area contributed by atoms with Crippen LogP contribution in [0.4, 0.5) is 0 Å². The number of rotatable bonds is 9. The van der Waals surface area contributed by atoms with Gasteiger partial charge in [-0.3, -0.25) is 0 Å². The number of hydrogen-bond acceptors (Lipinski definition) is 3. The third kappa shape index (κ3) is 3.89. The first kappa shape index (κ1) is 19.9. The van der Waals surface area contributed by atoms with Crippen LogP contribution in [0.5, 0.6) is 0 Å². The van der Waals surface area contributed by atoms with Crippen LogP contribution < -0.4 is 5.32 Å². The number of nitrogens with one attached hydrogen (secondary N) is 1. The van der Waals surface area contributed by atoms with Crippen LogP contribution in [0.25, 0.3) is 0 Å². The average molecular weight is 401 g/mol. The maximum atomic E-state index is 6.88. The first-order chi connectivity index (χ1) is 11.9. The molecule has 2 nitrogen and oxygen atoms in total. The molecule has 0 aromatic carbocycles. The van der Waals surface area contributed by atoms with Gasteiger partial charge in [-0.25, -0.2) is 0 Å². The van der Waals surface area contributed by atoms with E-state index >= 15 is 0 Å². The summed E-state index contributed by atoms with van der Waals surface area (Å²) in [6.07, 6.45) is 2.80. The van der Waals surface area contributed by atoms with Crippen molar-refractivity contribution in [3.63, 3.8) is 0 Å². The summed E-state index contributed by atoms with van der Waals surface area (Å²) in [5.41, 5.74) is 0.598. The summed E-state index contributed by atoms with van der Waals surface area (Å²) in [4.78, 5) is 1.22. The van der Waals surface area contributed by atoms with E-state index in [1.54, 1.807) is 11.3 Å². The Morgan fingerprint density at radius 1 is 1.24 bits per heavy atom. The summed E-state index contributed by atoms with van der Waals surface area (Å²) in [5.74, 6) is 1.87. The average Bonchev–Trinajstić information content (AvgIpc) is 3.04. The molecule has 3 rings (SSSR count). The monoisotopic (exact) mass is 400 g/mol. The number of thiophene rings is 1. The molecule has 25 heavy (non-hydrogen) atoms. The molecule has 0 aliphatic heterocycles. The summed E-state index contributed by atoms with van der Waals surface area (Å²) >= 11 is 8.23. The second kappa shape index (κ2) is 7.63. The minimum absolute atomic E-state index is 0.127. The molecule has 2 fully saturated rings. The van der Waals surface area contributed by atoms with Gasteiger partial charge in [0.1, 0.15) is 0 Å². The van der Waals surface area contributed by atoms with E-state index in [9.17, 15) is 0 Å². The first-order valence-corrected chi connectivity index (χ1v) is 14.4. The van der Waals surface area contributed by atoms with E-state index in [-0.39, 0.29) is 6.10 Å². The van der Waals surface area contributed by atoms with Gasteiger partial charge in [-0.2, -0.15) is 0 Å². The molecule has 1 aromatic rings. The molecule has 0 bridgehead atoms. The van der Waals surface area contributed by atoms with Gasteiger partial charge < -0.3 is 0 Å². The molecule has 1 N–H and O–H groups in total. The van der Waals surface area contributed by atoms with Gasteiger partial charge in [-0.1, -0.05) is 0 Å². The van der Waals surface area contributed by atoms with Crippen LogP contribution in [0.1, 0.15) is 58.4 Å². The van der Waals surface area contributed by atoms with Crippen molar-refractivity contribution in [2.45, 2.75) is 77.7 Å². The predicted molar refractivity (Wildman–Crippen MR) is 114 cm³/mol. The Hall–Kier alpha value is 0.127. The molecule has 2 aliphatic carbocycles. The van der Waals surface area contributed by atoms with Crippen LogP contribution in [0.15, 0.2) is 11.4 Å². The molecular weight excluding hydrogens is 366 g/mol. The predicted octanol–water partition coefficient (Wildman–Crippen LogP) is 6.22. The molecule has 144 valence electrons. The minimum atomic E-state index is -1.98. The third-order valence-electron chi connectivity index (χ3n) is 7.58. The van der Waals surface area contributed by atoms with E-state index in [1.165, 1.54) is 35.9 Å². The summed E-state index contributed by atoms with van der Waals surface area (Å²) in [7, 11) is -1.98. The second-order valence-electron chi connectivity index (χ2n) is 8.96. The fourth-order valence-corrected chi connectivity index (χ4v) is 9.74. The molecule has 2 saturated carbocycles. The molecule has 4 atom stereocenters.